The SMILES string of the molecule is COc1ccc(Nc2nc(Nc3ccc(I)cc3)ncc2C(F)(F)F)cc1. The molecule has 0 aliphatic heterocycles. The molecule has 0 spiro atoms. The van der Waals surface area contributed by atoms with Gasteiger partial charge in [-0.15, -0.1) is 0 Å². The van der Waals surface area contributed by atoms with Crippen LogP contribution in [-0.4, -0.2) is 17.1 Å². The average Bonchev–Trinajstić information content (AvgIpc) is 2.63. The van der Waals surface area contributed by atoms with Crippen LogP contribution in [0.3, 0.4) is 0 Å². The Morgan fingerprint density at radius 1 is 0.926 bits per heavy atom. The Morgan fingerprint density at radius 3 is 2.11 bits per heavy atom. The molecule has 3 aromatic rings. The van der Waals surface area contributed by atoms with E-state index in [4.69, 9.17) is 4.74 Å². The third kappa shape index (κ3) is 5.00. The normalized spacial score (nSPS) is 11.1. The third-order valence-electron chi connectivity index (χ3n) is 3.55. The van der Waals surface area contributed by atoms with E-state index in [2.05, 4.69) is 43.2 Å². The number of hydrogen-bond acceptors (Lipinski definition) is 5. The van der Waals surface area contributed by atoms with Gasteiger partial charge in [-0.3, -0.25) is 0 Å². The van der Waals surface area contributed by atoms with Crippen LogP contribution in [0.15, 0.2) is 54.7 Å². The van der Waals surface area contributed by atoms with E-state index >= 15 is 0 Å². The third-order valence-corrected chi connectivity index (χ3v) is 4.27. The van der Waals surface area contributed by atoms with E-state index < -0.39 is 11.7 Å². The number of rotatable bonds is 5. The second kappa shape index (κ2) is 7.99. The highest BCUT2D eigenvalue weighted by Crippen LogP contribution is 2.35. The molecule has 0 fully saturated rings. The second-order valence-corrected chi connectivity index (χ2v) is 6.68. The van der Waals surface area contributed by atoms with Gasteiger partial charge in [0.15, 0.2) is 0 Å². The van der Waals surface area contributed by atoms with E-state index in [1.165, 1.54) is 7.11 Å². The number of alkyl halides is 3. The first-order chi connectivity index (χ1) is 12.8. The van der Waals surface area contributed by atoms with Crippen LogP contribution < -0.4 is 15.4 Å². The molecule has 0 saturated heterocycles. The number of methoxy groups -OCH3 is 1. The fourth-order valence-corrected chi connectivity index (χ4v) is 2.58. The van der Waals surface area contributed by atoms with Crippen LogP contribution in [0.25, 0.3) is 0 Å². The largest absolute Gasteiger partial charge is 0.497 e. The van der Waals surface area contributed by atoms with E-state index in [0.717, 1.165) is 9.77 Å². The van der Waals surface area contributed by atoms with Crippen LogP contribution in [0.4, 0.5) is 36.3 Å². The van der Waals surface area contributed by atoms with Crippen LogP contribution in [-0.2, 0) is 6.18 Å². The van der Waals surface area contributed by atoms with Gasteiger partial charge in [0.05, 0.1) is 7.11 Å². The average molecular weight is 486 g/mol. The van der Waals surface area contributed by atoms with E-state index in [-0.39, 0.29) is 11.8 Å². The fourth-order valence-electron chi connectivity index (χ4n) is 2.22. The molecule has 140 valence electrons. The first-order valence-corrected chi connectivity index (χ1v) is 8.81. The Hall–Kier alpha value is -2.56. The second-order valence-electron chi connectivity index (χ2n) is 5.44. The van der Waals surface area contributed by atoms with Crippen molar-refractivity contribution in [3.05, 3.63) is 63.9 Å². The highest BCUT2D eigenvalue weighted by atomic mass is 127. The predicted octanol–water partition coefficient (Wildman–Crippen LogP) is 5.60. The van der Waals surface area contributed by atoms with Gasteiger partial charge in [-0.1, -0.05) is 0 Å². The maximum absolute atomic E-state index is 13.3. The summed E-state index contributed by atoms with van der Waals surface area (Å²) in [6, 6.07) is 13.8. The molecule has 2 N–H and O–H groups in total. The van der Waals surface area contributed by atoms with Crippen molar-refractivity contribution >= 4 is 45.7 Å². The quantitative estimate of drug-likeness (QED) is 0.461. The predicted molar refractivity (Wildman–Crippen MR) is 106 cm³/mol. The first-order valence-electron chi connectivity index (χ1n) is 7.73. The fraction of sp³-hybridized carbons (Fsp3) is 0.111. The molecule has 1 heterocycles. The van der Waals surface area contributed by atoms with Gasteiger partial charge < -0.3 is 15.4 Å². The van der Waals surface area contributed by atoms with Gasteiger partial charge in [0.1, 0.15) is 17.1 Å². The van der Waals surface area contributed by atoms with Gasteiger partial charge in [0.25, 0.3) is 0 Å². The standard InChI is InChI=1S/C18H14F3IN4O/c1-27-14-8-6-12(7-9-14)24-16-15(18(19,20)21)10-23-17(26-16)25-13-4-2-11(22)3-5-13/h2-10H,1H3,(H2,23,24,25,26). The molecule has 27 heavy (non-hydrogen) atoms. The molecule has 0 radical (unpaired) electrons. The number of halogens is 4. The molecule has 0 saturated carbocycles. The zero-order valence-electron chi connectivity index (χ0n) is 14.0. The van der Waals surface area contributed by atoms with Crippen LogP contribution >= 0.6 is 22.6 Å². The van der Waals surface area contributed by atoms with E-state index in [9.17, 15) is 13.2 Å². The summed E-state index contributed by atoms with van der Waals surface area (Å²) in [4.78, 5) is 7.80. The number of aromatic nitrogens is 2. The van der Waals surface area contributed by atoms with Gasteiger partial charge >= 0.3 is 6.18 Å². The summed E-state index contributed by atoms with van der Waals surface area (Å²) in [5.74, 6) is 0.316. The van der Waals surface area contributed by atoms with Crippen LogP contribution in [0.1, 0.15) is 5.56 Å². The molecule has 0 atom stereocenters. The minimum Gasteiger partial charge on any atom is -0.497 e. The Labute approximate surface area is 167 Å². The van der Waals surface area contributed by atoms with Gasteiger partial charge in [0.2, 0.25) is 5.95 Å². The molecule has 0 amide bonds. The molecule has 0 bridgehead atoms. The maximum Gasteiger partial charge on any atom is 0.421 e. The van der Waals surface area contributed by atoms with Gasteiger partial charge in [0, 0.05) is 21.1 Å². The molecular weight excluding hydrogens is 472 g/mol. The minimum atomic E-state index is -4.59. The van der Waals surface area contributed by atoms with E-state index in [1.54, 1.807) is 36.4 Å². The molecule has 5 nitrogen and oxygen atoms in total. The van der Waals surface area contributed by atoms with E-state index in [1.807, 2.05) is 12.1 Å². The van der Waals surface area contributed by atoms with Gasteiger partial charge in [-0.25, -0.2) is 4.98 Å². The lowest BCUT2D eigenvalue weighted by molar-refractivity contribution is -0.137. The lowest BCUT2D eigenvalue weighted by Gasteiger charge is -2.15. The monoisotopic (exact) mass is 486 g/mol. The lowest BCUT2D eigenvalue weighted by atomic mass is 10.2. The highest BCUT2D eigenvalue weighted by molar-refractivity contribution is 14.1. The molecule has 9 heteroatoms. The number of benzene rings is 2. The van der Waals surface area contributed by atoms with Crippen molar-refractivity contribution in [3.8, 4) is 5.75 Å². The summed E-state index contributed by atoms with van der Waals surface area (Å²) in [7, 11) is 1.51. The Bertz CT molecular complexity index is 915. The van der Waals surface area contributed by atoms with Gasteiger partial charge in [-0.05, 0) is 71.1 Å². The Kier molecular flexibility index (Phi) is 5.68. The summed E-state index contributed by atoms with van der Waals surface area (Å²) < 4.78 is 46.0. The Morgan fingerprint density at radius 2 is 1.52 bits per heavy atom. The minimum absolute atomic E-state index is 0.0558. The number of hydrogen-bond donors (Lipinski definition) is 2. The van der Waals surface area contributed by atoms with E-state index in [0.29, 0.717) is 17.1 Å². The summed E-state index contributed by atoms with van der Waals surface area (Å²) in [6.07, 6.45) is -3.83. The summed E-state index contributed by atoms with van der Waals surface area (Å²) in [6.45, 7) is 0. The number of anilines is 4. The van der Waals surface area contributed by atoms with Crippen LogP contribution in [0.2, 0.25) is 0 Å². The summed E-state index contributed by atoms with van der Waals surface area (Å²) in [5.41, 5.74) is 0.164. The summed E-state index contributed by atoms with van der Waals surface area (Å²) >= 11 is 2.16. The first kappa shape index (κ1) is 19.2. The molecule has 0 aliphatic carbocycles. The molecule has 0 aliphatic rings. The number of nitrogens with one attached hydrogen (secondary N) is 2. The van der Waals surface area contributed by atoms with Crippen LogP contribution in [0.5, 0.6) is 5.75 Å². The van der Waals surface area contributed by atoms with Crippen molar-refractivity contribution in [2.45, 2.75) is 6.18 Å². The highest BCUT2D eigenvalue weighted by Gasteiger charge is 2.35. The molecule has 1 aromatic heterocycles. The molecular formula is C18H14F3IN4O. The number of nitrogens with zero attached hydrogens (tertiary/aromatic N) is 2. The van der Waals surface area contributed by atoms with Crippen molar-refractivity contribution in [1.82, 2.24) is 9.97 Å². The van der Waals surface area contributed by atoms with Crippen molar-refractivity contribution in [1.29, 1.82) is 0 Å². The lowest BCUT2D eigenvalue weighted by Crippen LogP contribution is -2.12. The zero-order chi connectivity index (χ0) is 19.4. The topological polar surface area (TPSA) is 59.1 Å². The molecule has 3 rings (SSSR count). The Balaban J connectivity index is 1.91. The number of ether oxygens (including phenoxy) is 1. The smallest absolute Gasteiger partial charge is 0.421 e. The van der Waals surface area contributed by atoms with Crippen molar-refractivity contribution in [2.75, 3.05) is 17.7 Å². The van der Waals surface area contributed by atoms with Gasteiger partial charge in [-0.2, -0.15) is 18.2 Å². The van der Waals surface area contributed by atoms with Crippen molar-refractivity contribution in [2.24, 2.45) is 0 Å². The van der Waals surface area contributed by atoms with Crippen LogP contribution in [0, 0.1) is 3.57 Å². The maximum atomic E-state index is 13.3. The van der Waals surface area contributed by atoms with Crippen molar-refractivity contribution in [3.63, 3.8) is 0 Å². The molecule has 0 unspecified atom stereocenters. The van der Waals surface area contributed by atoms with Crippen molar-refractivity contribution < 1.29 is 17.9 Å². The zero-order valence-corrected chi connectivity index (χ0v) is 16.2. The summed E-state index contributed by atoms with van der Waals surface area (Å²) in [5, 5.41) is 5.60. The molecule has 2 aromatic carbocycles.